The molecule has 32 heavy (non-hydrogen) atoms. The molecule has 0 aliphatic carbocycles. The minimum Gasteiger partial charge on any atom is -0.341 e. The van der Waals surface area contributed by atoms with Crippen LogP contribution in [0.1, 0.15) is 30.5 Å². The van der Waals surface area contributed by atoms with Gasteiger partial charge in [0.1, 0.15) is 5.82 Å². The van der Waals surface area contributed by atoms with Crippen LogP contribution in [-0.4, -0.2) is 29.0 Å². The molecule has 0 radical (unpaired) electrons. The maximum absolute atomic E-state index is 12.2. The fourth-order valence-corrected chi connectivity index (χ4v) is 3.69. The van der Waals surface area contributed by atoms with Crippen LogP contribution in [0.4, 0.5) is 23.1 Å². The Bertz CT molecular complexity index is 1090. The highest BCUT2D eigenvalue weighted by Gasteiger charge is 2.14. The Morgan fingerprint density at radius 2 is 1.66 bits per heavy atom. The molecule has 0 spiro atoms. The van der Waals surface area contributed by atoms with E-state index in [0.29, 0.717) is 10.7 Å². The van der Waals surface area contributed by atoms with Crippen molar-refractivity contribution in [3.8, 4) is 0 Å². The Morgan fingerprint density at radius 3 is 2.38 bits per heavy atom. The van der Waals surface area contributed by atoms with Gasteiger partial charge in [0.05, 0.1) is 0 Å². The van der Waals surface area contributed by atoms with Crippen LogP contribution in [0, 0.1) is 6.92 Å². The Labute approximate surface area is 193 Å². The molecule has 1 aliphatic rings. The molecular formula is C25H26ClN5O. The number of hydrogen-bond donors (Lipinski definition) is 2. The number of halogens is 1. The number of anilines is 4. The summed E-state index contributed by atoms with van der Waals surface area (Å²) in [6, 6.07) is 16.8. The van der Waals surface area contributed by atoms with Crippen molar-refractivity contribution in [2.24, 2.45) is 0 Å². The highest BCUT2D eigenvalue weighted by atomic mass is 35.5. The van der Waals surface area contributed by atoms with Gasteiger partial charge in [-0.15, -0.1) is 0 Å². The first-order valence-corrected chi connectivity index (χ1v) is 11.2. The topological polar surface area (TPSA) is 70.2 Å². The fourth-order valence-electron chi connectivity index (χ4n) is 3.57. The second-order valence-electron chi connectivity index (χ2n) is 7.82. The monoisotopic (exact) mass is 447 g/mol. The molecule has 0 saturated carbocycles. The Hall–Kier alpha value is -3.38. The van der Waals surface area contributed by atoms with Crippen LogP contribution < -0.4 is 15.5 Å². The zero-order valence-electron chi connectivity index (χ0n) is 18.0. The molecule has 1 amide bonds. The normalized spacial score (nSPS) is 13.9. The molecular weight excluding hydrogens is 422 g/mol. The Morgan fingerprint density at radius 1 is 0.969 bits per heavy atom. The van der Waals surface area contributed by atoms with E-state index in [4.69, 9.17) is 16.6 Å². The van der Waals surface area contributed by atoms with Crippen LogP contribution in [0.2, 0.25) is 5.02 Å². The lowest BCUT2D eigenvalue weighted by atomic mass is 10.1. The molecule has 4 rings (SSSR count). The summed E-state index contributed by atoms with van der Waals surface area (Å²) in [5.74, 6) is 1.35. The second kappa shape index (κ2) is 10.3. The van der Waals surface area contributed by atoms with E-state index in [1.807, 2.05) is 49.4 Å². The molecule has 0 atom stereocenters. The van der Waals surface area contributed by atoms with Crippen LogP contribution in [0.25, 0.3) is 6.08 Å². The van der Waals surface area contributed by atoms with E-state index >= 15 is 0 Å². The number of hydrogen-bond acceptors (Lipinski definition) is 5. The zero-order valence-corrected chi connectivity index (χ0v) is 18.8. The number of benzene rings is 2. The van der Waals surface area contributed by atoms with Crippen LogP contribution in [-0.2, 0) is 4.79 Å². The number of rotatable bonds is 6. The smallest absolute Gasteiger partial charge is 0.248 e. The third-order valence-corrected chi connectivity index (χ3v) is 5.46. The highest BCUT2D eigenvalue weighted by molar-refractivity contribution is 6.30. The Balaban J connectivity index is 1.37. The summed E-state index contributed by atoms with van der Waals surface area (Å²) in [6.45, 7) is 3.99. The zero-order chi connectivity index (χ0) is 22.3. The van der Waals surface area contributed by atoms with Gasteiger partial charge in [-0.05, 0) is 74.2 Å². The fraction of sp³-hybridized carbons (Fsp3) is 0.240. The van der Waals surface area contributed by atoms with Crippen molar-refractivity contribution in [2.45, 2.75) is 26.2 Å². The minimum atomic E-state index is -0.196. The van der Waals surface area contributed by atoms with Crippen LogP contribution in [0.5, 0.6) is 0 Å². The van der Waals surface area contributed by atoms with Gasteiger partial charge in [0.15, 0.2) is 0 Å². The van der Waals surface area contributed by atoms with E-state index in [1.54, 1.807) is 18.2 Å². The number of carbonyl (C=O) groups excluding carboxylic acids is 1. The standard InChI is InChI=1S/C25H26ClN5O/c1-18-17-23(30-25(27-18)31-15-3-2-4-16-31)28-21-10-12-22(13-11-21)29-24(32)14-7-19-5-8-20(26)9-6-19/h5-14,17H,2-4,15-16H2,1H3,(H,29,32)(H,27,28,30)/b14-7+. The summed E-state index contributed by atoms with van der Waals surface area (Å²) in [4.78, 5) is 23.7. The van der Waals surface area contributed by atoms with Crippen molar-refractivity contribution in [3.05, 3.63) is 77.0 Å². The highest BCUT2D eigenvalue weighted by Crippen LogP contribution is 2.22. The molecule has 1 aliphatic heterocycles. The average Bonchev–Trinajstić information content (AvgIpc) is 2.80. The summed E-state index contributed by atoms with van der Waals surface area (Å²) in [5.41, 5.74) is 3.45. The van der Waals surface area contributed by atoms with Crippen LogP contribution in [0.3, 0.4) is 0 Å². The number of aryl methyl sites for hydroxylation is 1. The molecule has 2 aromatic carbocycles. The molecule has 6 nitrogen and oxygen atoms in total. The van der Waals surface area contributed by atoms with Gasteiger partial charge in [-0.2, -0.15) is 4.98 Å². The van der Waals surface area contributed by atoms with Crippen molar-refractivity contribution >= 4 is 46.7 Å². The first-order chi connectivity index (χ1) is 15.5. The van der Waals surface area contributed by atoms with E-state index in [1.165, 1.54) is 25.3 Å². The number of aromatic nitrogens is 2. The van der Waals surface area contributed by atoms with Crippen molar-refractivity contribution in [1.82, 2.24) is 9.97 Å². The van der Waals surface area contributed by atoms with Gasteiger partial charge in [-0.3, -0.25) is 4.79 Å². The predicted molar refractivity (Wildman–Crippen MR) is 132 cm³/mol. The van der Waals surface area contributed by atoms with Gasteiger partial charge >= 0.3 is 0 Å². The molecule has 1 fully saturated rings. The molecule has 1 saturated heterocycles. The van der Waals surface area contributed by atoms with Gasteiger partial charge in [0.25, 0.3) is 0 Å². The Kier molecular flexibility index (Phi) is 7.02. The average molecular weight is 448 g/mol. The summed E-state index contributed by atoms with van der Waals surface area (Å²) >= 11 is 5.88. The van der Waals surface area contributed by atoms with Gasteiger partial charge in [-0.25, -0.2) is 4.98 Å². The lowest BCUT2D eigenvalue weighted by Gasteiger charge is -2.27. The molecule has 1 aromatic heterocycles. The van der Waals surface area contributed by atoms with E-state index in [-0.39, 0.29) is 5.91 Å². The summed E-state index contributed by atoms with van der Waals surface area (Å²) in [5, 5.41) is 6.87. The van der Waals surface area contributed by atoms with Crippen molar-refractivity contribution < 1.29 is 4.79 Å². The van der Waals surface area contributed by atoms with Gasteiger partial charge < -0.3 is 15.5 Å². The van der Waals surface area contributed by atoms with Gasteiger partial charge in [0.2, 0.25) is 11.9 Å². The predicted octanol–water partition coefficient (Wildman–Crippen LogP) is 5.82. The lowest BCUT2D eigenvalue weighted by Crippen LogP contribution is -2.31. The van der Waals surface area contributed by atoms with Crippen molar-refractivity contribution in [2.75, 3.05) is 28.6 Å². The van der Waals surface area contributed by atoms with E-state index in [9.17, 15) is 4.79 Å². The molecule has 2 heterocycles. The van der Waals surface area contributed by atoms with Crippen molar-refractivity contribution in [3.63, 3.8) is 0 Å². The summed E-state index contributed by atoms with van der Waals surface area (Å²) in [6.07, 6.45) is 6.89. The number of carbonyl (C=O) groups is 1. The van der Waals surface area contributed by atoms with Crippen LogP contribution >= 0.6 is 11.6 Å². The maximum atomic E-state index is 12.2. The molecule has 164 valence electrons. The number of nitrogens with one attached hydrogen (secondary N) is 2. The van der Waals surface area contributed by atoms with Crippen LogP contribution in [0.15, 0.2) is 60.7 Å². The number of nitrogens with zero attached hydrogens (tertiary/aromatic N) is 3. The molecule has 2 N–H and O–H groups in total. The third-order valence-electron chi connectivity index (χ3n) is 5.20. The second-order valence-corrected chi connectivity index (χ2v) is 8.26. The summed E-state index contributed by atoms with van der Waals surface area (Å²) < 4.78 is 0. The SMILES string of the molecule is Cc1cc(Nc2ccc(NC(=O)/C=C/c3ccc(Cl)cc3)cc2)nc(N2CCCCC2)n1. The van der Waals surface area contributed by atoms with E-state index < -0.39 is 0 Å². The quantitative estimate of drug-likeness (QED) is 0.465. The number of amides is 1. The first-order valence-electron chi connectivity index (χ1n) is 10.8. The van der Waals surface area contributed by atoms with E-state index in [0.717, 1.165) is 41.8 Å². The van der Waals surface area contributed by atoms with E-state index in [2.05, 4.69) is 20.5 Å². The third kappa shape index (κ3) is 6.08. The molecule has 7 heteroatoms. The first kappa shape index (κ1) is 21.8. The van der Waals surface area contributed by atoms with Gasteiger partial charge in [-0.1, -0.05) is 23.7 Å². The van der Waals surface area contributed by atoms with Gasteiger partial charge in [0, 0.05) is 47.3 Å². The molecule has 0 bridgehead atoms. The summed E-state index contributed by atoms with van der Waals surface area (Å²) in [7, 11) is 0. The number of piperidine rings is 1. The lowest BCUT2D eigenvalue weighted by molar-refractivity contribution is -0.111. The molecule has 3 aromatic rings. The minimum absolute atomic E-state index is 0.196. The largest absolute Gasteiger partial charge is 0.341 e. The van der Waals surface area contributed by atoms with Crippen molar-refractivity contribution in [1.29, 1.82) is 0 Å². The molecule has 0 unspecified atom stereocenters. The maximum Gasteiger partial charge on any atom is 0.248 e.